The van der Waals surface area contributed by atoms with Crippen molar-refractivity contribution in [3.05, 3.63) is 70.2 Å². The Bertz CT molecular complexity index is 1230. The zero-order valence-corrected chi connectivity index (χ0v) is 21.9. The van der Waals surface area contributed by atoms with Crippen molar-refractivity contribution in [3.8, 4) is 5.88 Å². The molecule has 0 spiro atoms. The lowest BCUT2D eigenvalue weighted by molar-refractivity contribution is -0.131. The van der Waals surface area contributed by atoms with Gasteiger partial charge in [0.15, 0.2) is 0 Å². The summed E-state index contributed by atoms with van der Waals surface area (Å²) in [5.74, 6) is 1.01. The van der Waals surface area contributed by atoms with Gasteiger partial charge in [0, 0.05) is 31.0 Å². The number of piperidine rings is 1. The number of aliphatic hydroxyl groups is 1. The molecule has 36 heavy (non-hydrogen) atoms. The lowest BCUT2D eigenvalue weighted by Crippen LogP contribution is -2.45. The SMILES string of the molecule is COc1nc2ccc(C(O)(c3ccccc3)C3CCN(C(C)=O)CC3)cc2c(Cl)c1C1CCCCC1. The monoisotopic (exact) mass is 506 g/mol. The molecule has 2 fully saturated rings. The molecule has 0 bridgehead atoms. The molecule has 2 aromatic carbocycles. The molecule has 1 saturated heterocycles. The van der Waals surface area contributed by atoms with Gasteiger partial charge in [-0.15, -0.1) is 0 Å². The smallest absolute Gasteiger partial charge is 0.219 e. The number of benzene rings is 2. The second-order valence-electron chi connectivity index (χ2n) is 10.3. The number of rotatable bonds is 5. The van der Waals surface area contributed by atoms with Crippen LogP contribution in [0.15, 0.2) is 48.5 Å². The highest BCUT2D eigenvalue weighted by atomic mass is 35.5. The minimum absolute atomic E-state index is 0.0317. The second-order valence-corrected chi connectivity index (χ2v) is 10.7. The molecule has 1 aliphatic carbocycles. The summed E-state index contributed by atoms with van der Waals surface area (Å²) in [4.78, 5) is 18.6. The molecule has 5 nitrogen and oxygen atoms in total. The maximum atomic E-state index is 12.5. The number of carbonyl (C=O) groups is 1. The minimum atomic E-state index is -1.20. The summed E-state index contributed by atoms with van der Waals surface area (Å²) in [5, 5.41) is 14.0. The molecule has 1 aliphatic heterocycles. The van der Waals surface area contributed by atoms with Gasteiger partial charge < -0.3 is 14.7 Å². The second kappa shape index (κ2) is 10.4. The van der Waals surface area contributed by atoms with E-state index in [1.165, 1.54) is 19.3 Å². The topological polar surface area (TPSA) is 62.7 Å². The number of amides is 1. The molecule has 5 rings (SSSR count). The number of hydrogen-bond acceptors (Lipinski definition) is 4. The fourth-order valence-corrected chi connectivity index (χ4v) is 6.68. The van der Waals surface area contributed by atoms with Crippen molar-refractivity contribution in [3.63, 3.8) is 0 Å². The summed E-state index contributed by atoms with van der Waals surface area (Å²) < 4.78 is 5.70. The first-order valence-corrected chi connectivity index (χ1v) is 13.5. The molecule has 1 N–H and O–H groups in total. The van der Waals surface area contributed by atoms with Crippen molar-refractivity contribution in [1.82, 2.24) is 9.88 Å². The van der Waals surface area contributed by atoms with Crippen molar-refractivity contribution in [1.29, 1.82) is 0 Å². The molecule has 1 atom stereocenters. The average molecular weight is 507 g/mol. The molecule has 0 radical (unpaired) electrons. The summed E-state index contributed by atoms with van der Waals surface area (Å²) >= 11 is 7.12. The molecule has 1 aromatic heterocycles. The summed E-state index contributed by atoms with van der Waals surface area (Å²) in [5.41, 5.74) is 2.23. The summed E-state index contributed by atoms with van der Waals surface area (Å²) in [7, 11) is 1.66. The number of carbonyl (C=O) groups excluding carboxylic acids is 1. The Hall–Kier alpha value is -2.63. The van der Waals surface area contributed by atoms with Crippen LogP contribution in [0.5, 0.6) is 5.88 Å². The predicted molar refractivity (Wildman–Crippen MR) is 144 cm³/mol. The third kappa shape index (κ3) is 4.48. The van der Waals surface area contributed by atoms with Crippen LogP contribution in [0.25, 0.3) is 10.9 Å². The first-order chi connectivity index (χ1) is 17.4. The van der Waals surface area contributed by atoms with Gasteiger partial charge >= 0.3 is 0 Å². The Labute approximate surface area is 218 Å². The normalized spacial score (nSPS) is 19.3. The van der Waals surface area contributed by atoms with Crippen LogP contribution in [0.1, 0.15) is 74.5 Å². The predicted octanol–water partition coefficient (Wildman–Crippen LogP) is 6.44. The Kier molecular flexibility index (Phi) is 7.23. The van der Waals surface area contributed by atoms with E-state index in [2.05, 4.69) is 0 Å². The van der Waals surface area contributed by atoms with Gasteiger partial charge in [0.1, 0.15) is 5.60 Å². The van der Waals surface area contributed by atoms with Gasteiger partial charge in [-0.05, 0) is 60.8 Å². The van der Waals surface area contributed by atoms with Gasteiger partial charge in [-0.1, -0.05) is 67.3 Å². The van der Waals surface area contributed by atoms with Crippen LogP contribution in [0.4, 0.5) is 0 Å². The summed E-state index contributed by atoms with van der Waals surface area (Å²) in [6.45, 7) is 2.91. The number of likely N-dealkylation sites (tertiary alicyclic amines) is 1. The van der Waals surface area contributed by atoms with Gasteiger partial charge in [0.2, 0.25) is 11.8 Å². The van der Waals surface area contributed by atoms with E-state index in [4.69, 9.17) is 21.3 Å². The third-order valence-corrected chi connectivity index (χ3v) is 8.72. The number of aromatic nitrogens is 1. The van der Waals surface area contributed by atoms with E-state index in [9.17, 15) is 9.90 Å². The Morgan fingerprint density at radius 3 is 2.36 bits per heavy atom. The molecular formula is C30H35ClN2O3. The maximum Gasteiger partial charge on any atom is 0.219 e. The maximum absolute atomic E-state index is 12.5. The zero-order chi connectivity index (χ0) is 25.3. The molecule has 1 saturated carbocycles. The van der Waals surface area contributed by atoms with Crippen LogP contribution in [-0.2, 0) is 10.4 Å². The van der Waals surface area contributed by atoms with Crippen molar-refractivity contribution in [2.45, 2.75) is 63.4 Å². The number of ether oxygens (including phenoxy) is 1. The largest absolute Gasteiger partial charge is 0.481 e. The van der Waals surface area contributed by atoms with Gasteiger partial charge in [0.05, 0.1) is 17.6 Å². The van der Waals surface area contributed by atoms with Gasteiger partial charge in [0.25, 0.3) is 0 Å². The van der Waals surface area contributed by atoms with Crippen LogP contribution in [0, 0.1) is 5.92 Å². The molecule has 1 amide bonds. The van der Waals surface area contributed by atoms with Crippen LogP contribution < -0.4 is 4.74 Å². The quantitative estimate of drug-likeness (QED) is 0.432. The fourth-order valence-electron chi connectivity index (χ4n) is 6.30. The lowest BCUT2D eigenvalue weighted by Gasteiger charge is -2.42. The van der Waals surface area contributed by atoms with E-state index < -0.39 is 5.60 Å². The number of methoxy groups -OCH3 is 1. The van der Waals surface area contributed by atoms with E-state index >= 15 is 0 Å². The fraction of sp³-hybridized carbons (Fsp3) is 0.467. The molecule has 2 heterocycles. The van der Waals surface area contributed by atoms with Crippen LogP contribution >= 0.6 is 11.6 Å². The van der Waals surface area contributed by atoms with Crippen LogP contribution in [0.3, 0.4) is 0 Å². The van der Waals surface area contributed by atoms with Crippen LogP contribution in [-0.4, -0.2) is 41.1 Å². The highest BCUT2D eigenvalue weighted by Crippen LogP contribution is 2.46. The molecule has 2 aliphatic rings. The minimum Gasteiger partial charge on any atom is -0.481 e. The molecular weight excluding hydrogens is 472 g/mol. The first kappa shape index (κ1) is 25.0. The number of nitrogens with zero attached hydrogens (tertiary/aromatic N) is 2. The van der Waals surface area contributed by atoms with Crippen molar-refractivity contribution >= 4 is 28.4 Å². The van der Waals surface area contributed by atoms with E-state index in [1.54, 1.807) is 14.0 Å². The number of hydrogen-bond donors (Lipinski definition) is 1. The highest BCUT2D eigenvalue weighted by Gasteiger charge is 2.42. The number of pyridine rings is 1. The van der Waals surface area contributed by atoms with Gasteiger partial charge in [-0.25, -0.2) is 4.98 Å². The van der Waals surface area contributed by atoms with Crippen LogP contribution in [0.2, 0.25) is 5.02 Å². The molecule has 3 aromatic rings. The molecule has 190 valence electrons. The van der Waals surface area contributed by atoms with E-state index in [1.807, 2.05) is 53.4 Å². The summed E-state index contributed by atoms with van der Waals surface area (Å²) in [6, 6.07) is 15.8. The third-order valence-electron chi connectivity index (χ3n) is 8.31. The Morgan fingerprint density at radius 1 is 1.03 bits per heavy atom. The number of fused-ring (bicyclic) bond motifs is 1. The standard InChI is InChI=1S/C30H35ClN2O3/c1-20(34)33-17-15-23(16-18-33)30(35,22-11-7-4-8-12-22)24-13-14-26-25(19-24)28(31)27(29(32-26)36-2)21-9-5-3-6-10-21/h4,7-8,11-14,19,21,23,35H,3,5-6,9-10,15-18H2,1-2H3. The summed E-state index contributed by atoms with van der Waals surface area (Å²) in [6.07, 6.45) is 7.27. The van der Waals surface area contributed by atoms with Crippen molar-refractivity contribution in [2.24, 2.45) is 5.92 Å². The Morgan fingerprint density at radius 2 is 1.72 bits per heavy atom. The Balaban J connectivity index is 1.62. The highest BCUT2D eigenvalue weighted by molar-refractivity contribution is 6.36. The first-order valence-electron chi connectivity index (χ1n) is 13.1. The van der Waals surface area contributed by atoms with Gasteiger partial charge in [-0.2, -0.15) is 0 Å². The van der Waals surface area contributed by atoms with Gasteiger partial charge in [-0.3, -0.25) is 4.79 Å². The van der Waals surface area contributed by atoms with E-state index in [0.717, 1.165) is 53.3 Å². The van der Waals surface area contributed by atoms with Crippen molar-refractivity contribution < 1.29 is 14.6 Å². The average Bonchev–Trinajstić information content (AvgIpc) is 2.93. The lowest BCUT2D eigenvalue weighted by atomic mass is 9.71. The molecule has 1 unspecified atom stereocenters. The zero-order valence-electron chi connectivity index (χ0n) is 21.2. The number of halogens is 1. The van der Waals surface area contributed by atoms with E-state index in [0.29, 0.717) is 29.9 Å². The van der Waals surface area contributed by atoms with Crippen molar-refractivity contribution in [2.75, 3.05) is 20.2 Å². The molecule has 6 heteroatoms. The van der Waals surface area contributed by atoms with E-state index in [-0.39, 0.29) is 11.8 Å².